The highest BCUT2D eigenvalue weighted by molar-refractivity contribution is 5.77. The molecule has 6 heteroatoms. The number of fused-ring (bicyclic) bond motifs is 1. The average Bonchev–Trinajstić information content (AvgIpc) is 3.04. The Morgan fingerprint density at radius 1 is 1.22 bits per heavy atom. The molecule has 0 radical (unpaired) electrons. The molecule has 2 aromatic heterocycles. The number of H-pyrrole nitrogens is 1. The summed E-state index contributed by atoms with van der Waals surface area (Å²) in [6.45, 7) is 1.69. The van der Waals surface area contributed by atoms with E-state index in [9.17, 15) is 4.79 Å². The zero-order valence-electron chi connectivity index (χ0n) is 12.6. The van der Waals surface area contributed by atoms with Crippen LogP contribution in [0.5, 0.6) is 0 Å². The normalized spacial score (nSPS) is 18.5. The molecule has 1 saturated heterocycles. The second kappa shape index (κ2) is 5.89. The summed E-state index contributed by atoms with van der Waals surface area (Å²) in [6.07, 6.45) is 3.75. The van der Waals surface area contributed by atoms with Crippen molar-refractivity contribution in [3.63, 3.8) is 0 Å². The van der Waals surface area contributed by atoms with E-state index in [0.29, 0.717) is 5.39 Å². The van der Waals surface area contributed by atoms with Crippen molar-refractivity contribution in [1.82, 2.24) is 25.1 Å². The number of nitrogens with one attached hydrogen (secondary N) is 1. The van der Waals surface area contributed by atoms with E-state index in [2.05, 4.69) is 25.1 Å². The Hall–Kier alpha value is -2.60. The van der Waals surface area contributed by atoms with Crippen LogP contribution in [0.2, 0.25) is 0 Å². The second-order valence-electron chi connectivity index (χ2n) is 5.81. The molecular formula is C17H17N5O. The van der Waals surface area contributed by atoms with E-state index in [4.69, 9.17) is 0 Å². The zero-order valence-corrected chi connectivity index (χ0v) is 12.6. The SMILES string of the molecule is O=c1[nH]c(C2CCCN2Cc2cccnn2)nc2ccccc12. The van der Waals surface area contributed by atoms with Crippen LogP contribution in [0.4, 0.5) is 0 Å². The maximum Gasteiger partial charge on any atom is 0.258 e. The smallest absolute Gasteiger partial charge is 0.258 e. The highest BCUT2D eigenvalue weighted by Crippen LogP contribution is 2.30. The number of nitrogens with zero attached hydrogens (tertiary/aromatic N) is 4. The lowest BCUT2D eigenvalue weighted by atomic mass is 10.2. The molecule has 1 atom stereocenters. The predicted molar refractivity (Wildman–Crippen MR) is 86.8 cm³/mol. The number of benzene rings is 1. The van der Waals surface area contributed by atoms with Gasteiger partial charge in [0.05, 0.1) is 22.6 Å². The van der Waals surface area contributed by atoms with E-state index in [0.717, 1.165) is 43.0 Å². The van der Waals surface area contributed by atoms with Crippen molar-refractivity contribution < 1.29 is 0 Å². The minimum atomic E-state index is -0.0723. The van der Waals surface area contributed by atoms with Gasteiger partial charge in [-0.25, -0.2) is 4.98 Å². The molecule has 1 aliphatic rings. The lowest BCUT2D eigenvalue weighted by Crippen LogP contribution is -2.26. The van der Waals surface area contributed by atoms with E-state index in [-0.39, 0.29) is 11.6 Å². The Kier molecular flexibility index (Phi) is 3.59. The molecule has 1 fully saturated rings. The largest absolute Gasteiger partial charge is 0.309 e. The lowest BCUT2D eigenvalue weighted by molar-refractivity contribution is 0.236. The van der Waals surface area contributed by atoms with Gasteiger partial charge in [-0.3, -0.25) is 9.69 Å². The summed E-state index contributed by atoms with van der Waals surface area (Å²) in [7, 11) is 0. The van der Waals surface area contributed by atoms with E-state index in [1.807, 2.05) is 30.3 Å². The van der Waals surface area contributed by atoms with Crippen LogP contribution in [-0.2, 0) is 6.54 Å². The van der Waals surface area contributed by atoms with Gasteiger partial charge in [0, 0.05) is 12.7 Å². The van der Waals surface area contributed by atoms with Gasteiger partial charge in [-0.2, -0.15) is 10.2 Å². The third-order valence-electron chi connectivity index (χ3n) is 4.30. The van der Waals surface area contributed by atoms with Gasteiger partial charge in [-0.1, -0.05) is 12.1 Å². The van der Waals surface area contributed by atoms with Gasteiger partial charge in [0.2, 0.25) is 0 Å². The molecule has 1 aliphatic heterocycles. The number of aromatic amines is 1. The quantitative estimate of drug-likeness (QED) is 0.801. The molecule has 3 heterocycles. The lowest BCUT2D eigenvalue weighted by Gasteiger charge is -2.23. The first-order valence-corrected chi connectivity index (χ1v) is 7.81. The van der Waals surface area contributed by atoms with E-state index >= 15 is 0 Å². The van der Waals surface area contributed by atoms with Crippen LogP contribution in [0.25, 0.3) is 10.9 Å². The Labute approximate surface area is 133 Å². The minimum Gasteiger partial charge on any atom is -0.309 e. The molecule has 0 aliphatic carbocycles. The Bertz CT molecular complexity index is 877. The van der Waals surface area contributed by atoms with Crippen LogP contribution in [0.3, 0.4) is 0 Å². The van der Waals surface area contributed by atoms with Crippen molar-refractivity contribution in [1.29, 1.82) is 0 Å². The van der Waals surface area contributed by atoms with Crippen LogP contribution in [-0.4, -0.2) is 31.6 Å². The number of hydrogen-bond acceptors (Lipinski definition) is 5. The minimum absolute atomic E-state index is 0.0723. The van der Waals surface area contributed by atoms with Crippen molar-refractivity contribution in [2.75, 3.05) is 6.54 Å². The molecular weight excluding hydrogens is 290 g/mol. The molecule has 4 rings (SSSR count). The van der Waals surface area contributed by atoms with Gasteiger partial charge < -0.3 is 4.98 Å². The standard InChI is InChI=1S/C17H17N5O/c23-17-13-6-1-2-7-14(13)19-16(20-17)15-8-4-10-22(15)11-12-5-3-9-18-21-12/h1-3,5-7,9,15H,4,8,10-11H2,(H,19,20,23). The van der Waals surface area contributed by atoms with Crippen LogP contribution in [0, 0.1) is 0 Å². The van der Waals surface area contributed by atoms with Gasteiger partial charge in [-0.05, 0) is 43.7 Å². The first-order valence-electron chi connectivity index (χ1n) is 7.81. The molecule has 0 amide bonds. The first kappa shape index (κ1) is 14.0. The number of hydrogen-bond donors (Lipinski definition) is 1. The van der Waals surface area contributed by atoms with Crippen molar-refractivity contribution >= 4 is 10.9 Å². The van der Waals surface area contributed by atoms with Gasteiger partial charge >= 0.3 is 0 Å². The molecule has 23 heavy (non-hydrogen) atoms. The summed E-state index contributed by atoms with van der Waals surface area (Å²) >= 11 is 0. The molecule has 0 bridgehead atoms. The van der Waals surface area contributed by atoms with Crippen LogP contribution >= 0.6 is 0 Å². The van der Waals surface area contributed by atoms with Crippen molar-refractivity contribution in [3.8, 4) is 0 Å². The van der Waals surface area contributed by atoms with Crippen molar-refractivity contribution in [2.24, 2.45) is 0 Å². The maximum absolute atomic E-state index is 12.3. The molecule has 0 spiro atoms. The molecule has 116 valence electrons. The average molecular weight is 307 g/mol. The Morgan fingerprint density at radius 3 is 3.00 bits per heavy atom. The highest BCUT2D eigenvalue weighted by atomic mass is 16.1. The maximum atomic E-state index is 12.3. The van der Waals surface area contributed by atoms with Crippen LogP contribution in [0.1, 0.15) is 30.4 Å². The molecule has 6 nitrogen and oxygen atoms in total. The zero-order chi connectivity index (χ0) is 15.6. The predicted octanol–water partition coefficient (Wildman–Crippen LogP) is 2.05. The molecule has 0 saturated carbocycles. The van der Waals surface area contributed by atoms with Crippen molar-refractivity contribution in [3.05, 3.63) is 64.5 Å². The van der Waals surface area contributed by atoms with E-state index in [1.165, 1.54) is 0 Å². The fourth-order valence-electron chi connectivity index (χ4n) is 3.21. The first-order chi connectivity index (χ1) is 11.3. The summed E-state index contributed by atoms with van der Waals surface area (Å²) in [5.41, 5.74) is 1.61. The number of likely N-dealkylation sites (tertiary alicyclic amines) is 1. The summed E-state index contributed by atoms with van der Waals surface area (Å²) in [5.74, 6) is 0.745. The summed E-state index contributed by atoms with van der Waals surface area (Å²) < 4.78 is 0. The topological polar surface area (TPSA) is 74.8 Å². The Balaban J connectivity index is 1.67. The summed E-state index contributed by atoms with van der Waals surface area (Å²) in [4.78, 5) is 22.2. The fourth-order valence-corrected chi connectivity index (χ4v) is 3.21. The molecule has 1 unspecified atom stereocenters. The van der Waals surface area contributed by atoms with E-state index < -0.39 is 0 Å². The molecule has 1 aromatic carbocycles. The summed E-state index contributed by atoms with van der Waals surface area (Å²) in [6, 6.07) is 11.4. The fraction of sp³-hybridized carbons (Fsp3) is 0.294. The Morgan fingerprint density at radius 2 is 2.13 bits per heavy atom. The molecule has 3 aromatic rings. The number of para-hydroxylation sites is 1. The van der Waals surface area contributed by atoms with Crippen molar-refractivity contribution in [2.45, 2.75) is 25.4 Å². The number of aromatic nitrogens is 4. The second-order valence-corrected chi connectivity index (χ2v) is 5.81. The van der Waals surface area contributed by atoms with Crippen LogP contribution < -0.4 is 5.56 Å². The van der Waals surface area contributed by atoms with Gasteiger partial charge in [0.15, 0.2) is 0 Å². The monoisotopic (exact) mass is 307 g/mol. The van der Waals surface area contributed by atoms with Gasteiger partial charge in [0.25, 0.3) is 5.56 Å². The molecule has 1 N–H and O–H groups in total. The highest BCUT2D eigenvalue weighted by Gasteiger charge is 2.28. The third-order valence-corrected chi connectivity index (χ3v) is 4.30. The van der Waals surface area contributed by atoms with E-state index in [1.54, 1.807) is 12.3 Å². The van der Waals surface area contributed by atoms with Gasteiger partial charge in [-0.15, -0.1) is 0 Å². The van der Waals surface area contributed by atoms with Gasteiger partial charge in [0.1, 0.15) is 5.82 Å². The summed E-state index contributed by atoms with van der Waals surface area (Å²) in [5, 5.41) is 8.72. The third kappa shape index (κ3) is 2.73. The van der Waals surface area contributed by atoms with Crippen LogP contribution in [0.15, 0.2) is 47.4 Å². The number of rotatable bonds is 3.